The minimum absolute atomic E-state index is 0.00446. The van der Waals surface area contributed by atoms with Crippen molar-refractivity contribution in [2.24, 2.45) is 0 Å². The summed E-state index contributed by atoms with van der Waals surface area (Å²) in [4.78, 5) is 13.3. The first-order valence-electron chi connectivity index (χ1n) is 8.16. The van der Waals surface area contributed by atoms with E-state index in [0.29, 0.717) is 0 Å². The second-order valence-electron chi connectivity index (χ2n) is 5.98. The molecule has 1 amide bonds. The van der Waals surface area contributed by atoms with E-state index in [0.717, 1.165) is 29.8 Å². The maximum Gasteiger partial charge on any atom is 0.238 e. The summed E-state index contributed by atoms with van der Waals surface area (Å²) in [6.45, 7) is 0.719. The predicted octanol–water partition coefficient (Wildman–Crippen LogP) is 3.04. The Balaban J connectivity index is 1.39. The molecule has 1 aliphatic heterocycles. The minimum atomic E-state index is -0.00446. The first-order chi connectivity index (χ1) is 10.8. The van der Waals surface area contributed by atoms with E-state index in [2.05, 4.69) is 34.9 Å². The van der Waals surface area contributed by atoms with E-state index in [4.69, 9.17) is 0 Å². The summed E-state index contributed by atoms with van der Waals surface area (Å²) in [5.41, 5.74) is 1.30. The monoisotopic (exact) mass is 336 g/mol. The smallest absolute Gasteiger partial charge is 0.238 e. The number of carbonyl (C=O) groups excluding carboxylic acids is 1. The number of rotatable bonds is 6. The topological polar surface area (TPSA) is 41.1 Å². The van der Waals surface area contributed by atoms with E-state index in [-0.39, 0.29) is 11.9 Å². The summed E-state index contributed by atoms with van der Waals surface area (Å²) in [5, 5.41) is 7.04. The van der Waals surface area contributed by atoms with Gasteiger partial charge in [-0.2, -0.15) is 0 Å². The van der Waals surface area contributed by atoms with Crippen molar-refractivity contribution in [3.05, 3.63) is 29.8 Å². The van der Waals surface area contributed by atoms with E-state index >= 15 is 0 Å². The van der Waals surface area contributed by atoms with Crippen LogP contribution in [0.2, 0.25) is 0 Å². The van der Waals surface area contributed by atoms with Gasteiger partial charge >= 0.3 is 0 Å². The second-order valence-corrected chi connectivity index (χ2v) is 8.39. The average molecular weight is 337 g/mol. The van der Waals surface area contributed by atoms with Crippen LogP contribution in [-0.4, -0.2) is 35.4 Å². The third kappa shape index (κ3) is 4.67. The zero-order valence-electron chi connectivity index (χ0n) is 12.8. The van der Waals surface area contributed by atoms with Gasteiger partial charge in [-0.3, -0.25) is 10.1 Å². The number of hydrogen-bond acceptors (Lipinski definition) is 4. The maximum atomic E-state index is 11.9. The summed E-state index contributed by atoms with van der Waals surface area (Å²) in [6, 6.07) is 8.86. The Morgan fingerprint density at radius 1 is 1.27 bits per heavy atom. The number of hydrogen-bond donors (Lipinski definition) is 2. The molecule has 1 unspecified atom stereocenters. The third-order valence-corrected chi connectivity index (χ3v) is 6.56. The first kappa shape index (κ1) is 16.2. The lowest BCUT2D eigenvalue weighted by Crippen LogP contribution is -2.42. The Bertz CT molecular complexity index is 480. The van der Waals surface area contributed by atoms with E-state index < -0.39 is 0 Å². The largest absolute Gasteiger partial charge is 0.354 e. The van der Waals surface area contributed by atoms with Gasteiger partial charge in [-0.05, 0) is 37.0 Å². The molecule has 1 aromatic carbocycles. The summed E-state index contributed by atoms with van der Waals surface area (Å²) in [6.07, 6.45) is 6.42. The molecule has 3 nitrogen and oxygen atoms in total. The van der Waals surface area contributed by atoms with Crippen molar-refractivity contribution in [1.29, 1.82) is 0 Å². The molecule has 22 heavy (non-hydrogen) atoms. The van der Waals surface area contributed by atoms with Gasteiger partial charge in [0, 0.05) is 28.3 Å². The Labute approximate surface area is 141 Å². The van der Waals surface area contributed by atoms with Crippen LogP contribution in [0.3, 0.4) is 0 Å². The molecule has 1 heterocycles. The zero-order chi connectivity index (χ0) is 15.2. The molecular weight excluding hydrogens is 312 g/mol. The number of carbonyl (C=O) groups is 1. The Hall–Kier alpha value is -0.650. The predicted molar refractivity (Wildman–Crippen MR) is 95.5 cm³/mol. The van der Waals surface area contributed by atoms with Crippen LogP contribution >= 0.6 is 23.5 Å². The van der Waals surface area contributed by atoms with E-state index in [1.165, 1.54) is 36.1 Å². The molecule has 1 saturated heterocycles. The van der Waals surface area contributed by atoms with Crippen LogP contribution in [0.5, 0.6) is 0 Å². The van der Waals surface area contributed by atoms with Crippen molar-refractivity contribution >= 4 is 29.4 Å². The summed E-state index contributed by atoms with van der Waals surface area (Å²) >= 11 is 3.81. The molecule has 1 atom stereocenters. The van der Waals surface area contributed by atoms with Crippen molar-refractivity contribution in [3.63, 3.8) is 0 Å². The lowest BCUT2D eigenvalue weighted by atomic mass is 10.1. The quantitative estimate of drug-likeness (QED) is 0.838. The Morgan fingerprint density at radius 2 is 2.05 bits per heavy atom. The lowest BCUT2D eigenvalue weighted by Gasteiger charge is -2.11. The molecule has 2 aliphatic rings. The second kappa shape index (κ2) is 8.27. The van der Waals surface area contributed by atoms with Gasteiger partial charge in [0.25, 0.3) is 0 Å². The van der Waals surface area contributed by atoms with Crippen molar-refractivity contribution in [2.75, 3.05) is 18.2 Å². The molecule has 1 aliphatic carbocycles. The molecule has 0 radical (unpaired) electrons. The summed E-state index contributed by atoms with van der Waals surface area (Å²) < 4.78 is 0. The fourth-order valence-corrected chi connectivity index (χ4v) is 5.14. The van der Waals surface area contributed by atoms with Gasteiger partial charge < -0.3 is 5.32 Å². The maximum absolute atomic E-state index is 11.9. The molecule has 2 N–H and O–H groups in total. The van der Waals surface area contributed by atoms with Crippen LogP contribution in [0.1, 0.15) is 31.2 Å². The van der Waals surface area contributed by atoms with Gasteiger partial charge in [-0.15, -0.1) is 23.5 Å². The fraction of sp³-hybridized carbons (Fsp3) is 0.588. The van der Waals surface area contributed by atoms with Gasteiger partial charge in [0.2, 0.25) is 5.91 Å². The molecule has 0 bridgehead atoms. The average Bonchev–Trinajstić information content (AvgIpc) is 3.22. The number of thioether (sulfide) groups is 2. The standard InChI is InChI=1S/C17H24N2OS2/c20-17(16-11-21-12-19-16)18-10-9-13-5-7-15(8-6-13)22-14-3-1-2-4-14/h5-8,14,16,19H,1-4,9-12H2,(H,18,20). The summed E-state index contributed by atoms with van der Waals surface area (Å²) in [5.74, 6) is 1.91. The van der Waals surface area contributed by atoms with Crippen LogP contribution in [0, 0.1) is 0 Å². The molecule has 0 spiro atoms. The van der Waals surface area contributed by atoms with Crippen molar-refractivity contribution in [3.8, 4) is 0 Å². The van der Waals surface area contributed by atoms with Gasteiger partial charge in [-0.1, -0.05) is 25.0 Å². The van der Waals surface area contributed by atoms with E-state index in [9.17, 15) is 4.79 Å². The molecule has 3 rings (SSSR count). The fourth-order valence-electron chi connectivity index (χ4n) is 2.95. The van der Waals surface area contributed by atoms with Crippen LogP contribution in [0.15, 0.2) is 29.2 Å². The zero-order valence-corrected chi connectivity index (χ0v) is 14.5. The highest BCUT2D eigenvalue weighted by Gasteiger charge is 2.21. The first-order valence-corrected chi connectivity index (χ1v) is 10.2. The lowest BCUT2D eigenvalue weighted by molar-refractivity contribution is -0.122. The van der Waals surface area contributed by atoms with Crippen LogP contribution < -0.4 is 10.6 Å². The molecule has 0 aromatic heterocycles. The van der Waals surface area contributed by atoms with E-state index in [1.807, 2.05) is 11.8 Å². The van der Waals surface area contributed by atoms with Crippen LogP contribution in [0.4, 0.5) is 0 Å². The highest BCUT2D eigenvalue weighted by Crippen LogP contribution is 2.34. The number of benzene rings is 1. The molecule has 1 saturated carbocycles. The van der Waals surface area contributed by atoms with Gasteiger partial charge in [-0.25, -0.2) is 0 Å². The number of nitrogens with one attached hydrogen (secondary N) is 2. The molecule has 1 aromatic rings. The van der Waals surface area contributed by atoms with Gasteiger partial charge in [0.15, 0.2) is 0 Å². The Kier molecular flexibility index (Phi) is 6.10. The highest BCUT2D eigenvalue weighted by molar-refractivity contribution is 8.00. The van der Waals surface area contributed by atoms with Crippen molar-refractivity contribution < 1.29 is 4.79 Å². The molecule has 2 fully saturated rings. The minimum Gasteiger partial charge on any atom is -0.354 e. The van der Waals surface area contributed by atoms with Crippen molar-refractivity contribution in [1.82, 2.24) is 10.6 Å². The summed E-state index contributed by atoms with van der Waals surface area (Å²) in [7, 11) is 0. The molecule has 5 heteroatoms. The van der Waals surface area contributed by atoms with Crippen molar-refractivity contribution in [2.45, 2.75) is 48.3 Å². The SMILES string of the molecule is O=C(NCCc1ccc(SC2CCCC2)cc1)C1CSCN1. The Morgan fingerprint density at radius 3 is 2.73 bits per heavy atom. The highest BCUT2D eigenvalue weighted by atomic mass is 32.2. The third-order valence-electron chi connectivity index (χ3n) is 4.27. The van der Waals surface area contributed by atoms with Crippen LogP contribution in [0.25, 0.3) is 0 Å². The normalized spacial score (nSPS) is 22.1. The van der Waals surface area contributed by atoms with Gasteiger partial charge in [0.05, 0.1) is 6.04 Å². The van der Waals surface area contributed by atoms with E-state index in [1.54, 1.807) is 11.8 Å². The van der Waals surface area contributed by atoms with Crippen LogP contribution in [-0.2, 0) is 11.2 Å². The molecule has 120 valence electrons. The van der Waals surface area contributed by atoms with Gasteiger partial charge in [0.1, 0.15) is 0 Å². The number of amides is 1. The molecular formula is C17H24N2OS2.